The summed E-state index contributed by atoms with van der Waals surface area (Å²) in [5.74, 6) is 2.04. The predicted octanol–water partition coefficient (Wildman–Crippen LogP) is 0.695. The molecule has 1 aliphatic rings. The Labute approximate surface area is 139 Å². The number of H-pyrrole nitrogens is 1. The second-order valence-corrected chi connectivity index (χ2v) is 5.58. The number of nitrogens with zero attached hydrogens (tertiary/aromatic N) is 5. The normalized spacial score (nSPS) is 17.7. The van der Waals surface area contributed by atoms with Crippen molar-refractivity contribution in [2.75, 3.05) is 31.6 Å². The number of rotatable bonds is 6. The van der Waals surface area contributed by atoms with Crippen molar-refractivity contribution in [1.82, 2.24) is 30.0 Å². The lowest BCUT2D eigenvalue weighted by atomic mass is 10.2. The first-order chi connectivity index (χ1) is 11.7. The highest BCUT2D eigenvalue weighted by Crippen LogP contribution is 2.19. The molecule has 0 spiro atoms. The molecular weight excluding hydrogens is 310 g/mol. The summed E-state index contributed by atoms with van der Waals surface area (Å²) in [5, 5.41) is 10.0. The number of anilines is 1. The fourth-order valence-corrected chi connectivity index (χ4v) is 2.52. The predicted molar refractivity (Wildman–Crippen MR) is 86.1 cm³/mol. The molecule has 0 bridgehead atoms. The standard InChI is InChI=1S/C15H21N7O2/c1-11-19-14(21-20-11)12-10-22(8-9-24-12)13(23)4-2-5-16-15-17-6-3-7-18-15/h3,6-7,12H,2,4-5,8-10H2,1H3,(H,16,17,18)(H,19,20,21)/t12-/m1/s1. The average molecular weight is 331 g/mol. The first-order valence-electron chi connectivity index (χ1n) is 8.01. The molecule has 3 rings (SSSR count). The van der Waals surface area contributed by atoms with Gasteiger partial charge in [-0.15, -0.1) is 0 Å². The van der Waals surface area contributed by atoms with E-state index in [1.165, 1.54) is 0 Å². The van der Waals surface area contributed by atoms with E-state index in [-0.39, 0.29) is 12.0 Å². The topological polar surface area (TPSA) is 109 Å². The van der Waals surface area contributed by atoms with Gasteiger partial charge in [0.05, 0.1) is 13.2 Å². The summed E-state index contributed by atoms with van der Waals surface area (Å²) < 4.78 is 5.67. The Kier molecular flexibility index (Phi) is 5.32. The van der Waals surface area contributed by atoms with Crippen molar-refractivity contribution < 1.29 is 9.53 Å². The zero-order chi connectivity index (χ0) is 16.8. The molecule has 1 aliphatic heterocycles. The second-order valence-electron chi connectivity index (χ2n) is 5.58. The second kappa shape index (κ2) is 7.82. The number of hydrogen-bond donors (Lipinski definition) is 2. The fourth-order valence-electron chi connectivity index (χ4n) is 2.52. The largest absolute Gasteiger partial charge is 0.366 e. The molecule has 2 aromatic heterocycles. The number of carbonyl (C=O) groups is 1. The van der Waals surface area contributed by atoms with Crippen LogP contribution < -0.4 is 5.32 Å². The van der Waals surface area contributed by atoms with Crippen LogP contribution in [0.4, 0.5) is 5.95 Å². The van der Waals surface area contributed by atoms with Gasteiger partial charge in [-0.05, 0) is 19.4 Å². The molecule has 1 fully saturated rings. The summed E-state index contributed by atoms with van der Waals surface area (Å²) in [6.07, 6.45) is 4.29. The minimum absolute atomic E-state index is 0.117. The van der Waals surface area contributed by atoms with Crippen LogP contribution in [0.3, 0.4) is 0 Å². The molecule has 24 heavy (non-hydrogen) atoms. The van der Waals surface area contributed by atoms with Crippen molar-refractivity contribution >= 4 is 11.9 Å². The molecule has 1 amide bonds. The van der Waals surface area contributed by atoms with E-state index in [0.717, 1.165) is 12.2 Å². The third-order valence-corrected chi connectivity index (χ3v) is 3.74. The van der Waals surface area contributed by atoms with E-state index in [0.29, 0.717) is 44.4 Å². The van der Waals surface area contributed by atoms with E-state index < -0.39 is 0 Å². The average Bonchev–Trinajstić information content (AvgIpc) is 3.06. The van der Waals surface area contributed by atoms with Crippen LogP contribution in [0.2, 0.25) is 0 Å². The zero-order valence-corrected chi connectivity index (χ0v) is 13.6. The lowest BCUT2D eigenvalue weighted by Crippen LogP contribution is -2.42. The first-order valence-corrected chi connectivity index (χ1v) is 8.01. The van der Waals surface area contributed by atoms with Gasteiger partial charge in [0.15, 0.2) is 5.82 Å². The Hall–Kier alpha value is -2.55. The van der Waals surface area contributed by atoms with E-state index in [1.54, 1.807) is 18.5 Å². The summed E-state index contributed by atoms with van der Waals surface area (Å²) in [5.41, 5.74) is 0. The Morgan fingerprint density at radius 1 is 1.46 bits per heavy atom. The van der Waals surface area contributed by atoms with E-state index in [1.807, 2.05) is 11.8 Å². The third kappa shape index (κ3) is 4.25. The number of aromatic amines is 1. The Balaban J connectivity index is 1.43. The van der Waals surface area contributed by atoms with Crippen molar-refractivity contribution in [3.8, 4) is 0 Å². The van der Waals surface area contributed by atoms with Crippen LogP contribution in [0.1, 0.15) is 30.6 Å². The van der Waals surface area contributed by atoms with Crippen molar-refractivity contribution in [2.45, 2.75) is 25.9 Å². The number of hydrogen-bond acceptors (Lipinski definition) is 7. The first kappa shape index (κ1) is 16.3. The van der Waals surface area contributed by atoms with Gasteiger partial charge in [0.2, 0.25) is 11.9 Å². The van der Waals surface area contributed by atoms with Gasteiger partial charge in [-0.3, -0.25) is 9.89 Å². The van der Waals surface area contributed by atoms with Crippen LogP contribution >= 0.6 is 0 Å². The third-order valence-electron chi connectivity index (χ3n) is 3.74. The monoisotopic (exact) mass is 331 g/mol. The summed E-state index contributed by atoms with van der Waals surface area (Å²) in [7, 11) is 0. The number of amides is 1. The minimum Gasteiger partial charge on any atom is -0.366 e. The van der Waals surface area contributed by atoms with Crippen molar-refractivity contribution in [1.29, 1.82) is 0 Å². The van der Waals surface area contributed by atoms with Gasteiger partial charge in [-0.25, -0.2) is 15.0 Å². The van der Waals surface area contributed by atoms with Crippen LogP contribution in [-0.4, -0.2) is 62.2 Å². The molecule has 0 saturated carbocycles. The number of carbonyl (C=O) groups excluding carboxylic acids is 1. The minimum atomic E-state index is -0.261. The highest BCUT2D eigenvalue weighted by molar-refractivity contribution is 5.76. The molecule has 3 heterocycles. The molecule has 2 N–H and O–H groups in total. The maximum absolute atomic E-state index is 12.4. The molecule has 2 aromatic rings. The quantitative estimate of drug-likeness (QED) is 0.750. The summed E-state index contributed by atoms with van der Waals surface area (Å²) in [6, 6.07) is 1.76. The molecule has 1 saturated heterocycles. The molecule has 0 aliphatic carbocycles. The van der Waals surface area contributed by atoms with Gasteiger partial charge in [0.1, 0.15) is 11.9 Å². The lowest BCUT2D eigenvalue weighted by molar-refractivity contribution is -0.139. The summed E-state index contributed by atoms with van der Waals surface area (Å²) in [6.45, 7) is 4.09. The number of nitrogens with one attached hydrogen (secondary N) is 2. The van der Waals surface area contributed by atoms with Gasteiger partial charge in [-0.1, -0.05) is 0 Å². The Bertz CT molecular complexity index is 661. The lowest BCUT2D eigenvalue weighted by Gasteiger charge is -2.31. The highest BCUT2D eigenvalue weighted by atomic mass is 16.5. The van der Waals surface area contributed by atoms with Gasteiger partial charge in [0.25, 0.3) is 0 Å². The zero-order valence-electron chi connectivity index (χ0n) is 13.6. The number of morpholine rings is 1. The van der Waals surface area contributed by atoms with Crippen LogP contribution in [0.15, 0.2) is 18.5 Å². The van der Waals surface area contributed by atoms with Crippen LogP contribution in [-0.2, 0) is 9.53 Å². The summed E-state index contributed by atoms with van der Waals surface area (Å²) in [4.78, 5) is 26.6. The molecule has 9 nitrogen and oxygen atoms in total. The van der Waals surface area contributed by atoms with Crippen LogP contribution in [0.5, 0.6) is 0 Å². The maximum Gasteiger partial charge on any atom is 0.222 e. The van der Waals surface area contributed by atoms with Crippen molar-refractivity contribution in [3.05, 3.63) is 30.1 Å². The van der Waals surface area contributed by atoms with Gasteiger partial charge < -0.3 is 15.0 Å². The SMILES string of the molecule is Cc1nc([C@H]2CN(C(=O)CCCNc3ncccn3)CCO2)n[nH]1. The molecule has 0 unspecified atom stereocenters. The van der Waals surface area contributed by atoms with Crippen LogP contribution in [0.25, 0.3) is 0 Å². The molecule has 128 valence electrons. The van der Waals surface area contributed by atoms with Crippen molar-refractivity contribution in [3.63, 3.8) is 0 Å². The fraction of sp³-hybridized carbons (Fsp3) is 0.533. The van der Waals surface area contributed by atoms with Crippen LogP contribution in [0, 0.1) is 6.92 Å². The molecular formula is C15H21N7O2. The molecule has 1 atom stereocenters. The van der Waals surface area contributed by atoms with Gasteiger partial charge in [-0.2, -0.15) is 5.10 Å². The smallest absolute Gasteiger partial charge is 0.222 e. The number of aromatic nitrogens is 5. The van der Waals surface area contributed by atoms with Gasteiger partial charge >= 0.3 is 0 Å². The Morgan fingerprint density at radius 2 is 2.29 bits per heavy atom. The van der Waals surface area contributed by atoms with E-state index in [9.17, 15) is 4.79 Å². The van der Waals surface area contributed by atoms with Crippen molar-refractivity contribution in [2.24, 2.45) is 0 Å². The molecule has 0 aromatic carbocycles. The van der Waals surface area contributed by atoms with E-state index in [2.05, 4.69) is 30.5 Å². The number of aryl methyl sites for hydroxylation is 1. The Morgan fingerprint density at radius 3 is 3.04 bits per heavy atom. The molecule has 0 radical (unpaired) electrons. The van der Waals surface area contributed by atoms with E-state index >= 15 is 0 Å². The molecule has 9 heteroatoms. The maximum atomic E-state index is 12.4. The number of ether oxygens (including phenoxy) is 1. The van der Waals surface area contributed by atoms with Gasteiger partial charge in [0, 0.05) is 31.9 Å². The van der Waals surface area contributed by atoms with E-state index in [4.69, 9.17) is 4.74 Å². The highest BCUT2D eigenvalue weighted by Gasteiger charge is 2.27. The summed E-state index contributed by atoms with van der Waals surface area (Å²) >= 11 is 0.